The molecule has 1 unspecified atom stereocenters. The second kappa shape index (κ2) is 6.50. The monoisotopic (exact) mass is 286 g/mol. The van der Waals surface area contributed by atoms with Crippen LogP contribution in [0.25, 0.3) is 0 Å². The molecule has 0 aromatic heterocycles. The zero-order valence-corrected chi connectivity index (χ0v) is 13.8. The minimum Gasteiger partial charge on any atom is -0.312 e. The summed E-state index contributed by atoms with van der Waals surface area (Å²) in [5, 5.41) is 3.53. The van der Waals surface area contributed by atoms with E-state index in [2.05, 4.69) is 55.4 Å². The van der Waals surface area contributed by atoms with E-state index in [1.807, 2.05) is 0 Å². The lowest BCUT2D eigenvalue weighted by Gasteiger charge is -2.28. The van der Waals surface area contributed by atoms with Gasteiger partial charge in [-0.15, -0.1) is 0 Å². The Morgan fingerprint density at radius 1 is 1.05 bits per heavy atom. The Labute approximate surface area is 129 Å². The van der Waals surface area contributed by atoms with E-state index in [0.29, 0.717) is 12.0 Å². The second-order valence-electron chi connectivity index (χ2n) is 7.29. The number of likely N-dealkylation sites (N-methyl/N-ethyl adjacent to an activating group) is 1. The molecule has 0 bridgehead atoms. The second-order valence-corrected chi connectivity index (χ2v) is 7.29. The van der Waals surface area contributed by atoms with Crippen molar-refractivity contribution in [3.63, 3.8) is 0 Å². The summed E-state index contributed by atoms with van der Waals surface area (Å²) in [5.74, 6) is 1.61. The largest absolute Gasteiger partial charge is 0.312 e. The molecule has 21 heavy (non-hydrogen) atoms. The van der Waals surface area contributed by atoms with Crippen molar-refractivity contribution in [3.8, 4) is 0 Å². The third-order valence-electron chi connectivity index (χ3n) is 5.02. The van der Waals surface area contributed by atoms with Gasteiger partial charge in [-0.1, -0.05) is 38.1 Å². The van der Waals surface area contributed by atoms with Crippen LogP contribution >= 0.6 is 0 Å². The molecule has 116 valence electrons. The predicted octanol–water partition coefficient (Wildman–Crippen LogP) is 3.94. The Balaban J connectivity index is 1.64. The number of nitrogens with zero attached hydrogens (tertiary/aromatic N) is 1. The Morgan fingerprint density at radius 2 is 1.67 bits per heavy atom. The molecule has 0 radical (unpaired) electrons. The van der Waals surface area contributed by atoms with E-state index in [-0.39, 0.29) is 0 Å². The summed E-state index contributed by atoms with van der Waals surface area (Å²) in [6.07, 6.45) is 5.73. The van der Waals surface area contributed by atoms with Gasteiger partial charge in [0.25, 0.3) is 0 Å². The Morgan fingerprint density at radius 3 is 2.14 bits per heavy atom. The van der Waals surface area contributed by atoms with E-state index in [1.165, 1.54) is 49.9 Å². The van der Waals surface area contributed by atoms with Crippen molar-refractivity contribution < 1.29 is 0 Å². The smallest absolute Gasteiger partial charge is 0.0446 e. The molecule has 2 saturated carbocycles. The molecular weight excluding hydrogens is 256 g/mol. The van der Waals surface area contributed by atoms with Gasteiger partial charge >= 0.3 is 0 Å². The van der Waals surface area contributed by atoms with Crippen molar-refractivity contribution in [2.45, 2.75) is 57.5 Å². The molecule has 0 saturated heterocycles. The van der Waals surface area contributed by atoms with Crippen LogP contribution < -0.4 is 5.32 Å². The van der Waals surface area contributed by atoms with E-state index in [0.717, 1.165) is 12.0 Å². The normalized spacial score (nSPS) is 20.2. The van der Waals surface area contributed by atoms with E-state index in [4.69, 9.17) is 0 Å². The van der Waals surface area contributed by atoms with Crippen LogP contribution in [0.2, 0.25) is 0 Å². The fourth-order valence-corrected chi connectivity index (χ4v) is 3.16. The highest BCUT2D eigenvalue weighted by molar-refractivity contribution is 5.27. The van der Waals surface area contributed by atoms with Gasteiger partial charge in [0.1, 0.15) is 0 Å². The lowest BCUT2D eigenvalue weighted by atomic mass is 9.99. The topological polar surface area (TPSA) is 15.3 Å². The summed E-state index contributed by atoms with van der Waals surface area (Å²) >= 11 is 0. The lowest BCUT2D eigenvalue weighted by Crippen LogP contribution is -2.36. The van der Waals surface area contributed by atoms with Gasteiger partial charge in [0.2, 0.25) is 0 Å². The maximum atomic E-state index is 3.53. The number of benzene rings is 1. The van der Waals surface area contributed by atoms with Crippen LogP contribution in [0.4, 0.5) is 0 Å². The molecule has 0 amide bonds. The molecule has 0 heterocycles. The molecule has 2 nitrogen and oxygen atoms in total. The number of hydrogen-bond donors (Lipinski definition) is 1. The van der Waals surface area contributed by atoms with Crippen molar-refractivity contribution in [2.24, 2.45) is 5.92 Å². The average Bonchev–Trinajstić information content (AvgIpc) is 3.37. The van der Waals surface area contributed by atoms with E-state index >= 15 is 0 Å². The minimum atomic E-state index is 0.463. The Kier molecular flexibility index (Phi) is 4.66. The molecule has 0 spiro atoms. The summed E-state index contributed by atoms with van der Waals surface area (Å²) in [5.41, 5.74) is 2.87. The van der Waals surface area contributed by atoms with Gasteiger partial charge in [-0.25, -0.2) is 0 Å². The van der Waals surface area contributed by atoms with Gasteiger partial charge in [0.15, 0.2) is 0 Å². The van der Waals surface area contributed by atoms with Crippen molar-refractivity contribution in [2.75, 3.05) is 20.1 Å². The molecule has 1 aromatic carbocycles. The van der Waals surface area contributed by atoms with Crippen LogP contribution in [0.15, 0.2) is 24.3 Å². The van der Waals surface area contributed by atoms with E-state index in [1.54, 1.807) is 0 Å². The Hall–Kier alpha value is -0.860. The van der Waals surface area contributed by atoms with Crippen molar-refractivity contribution in [3.05, 3.63) is 35.4 Å². The maximum absolute atomic E-state index is 3.53. The zero-order valence-electron chi connectivity index (χ0n) is 13.8. The van der Waals surface area contributed by atoms with Crippen molar-refractivity contribution in [1.82, 2.24) is 10.2 Å². The molecule has 1 atom stereocenters. The standard InChI is InChI=1S/C19H30N2/c1-14(2)16-6-8-17(9-7-16)19(20-3)13-21(18-10-11-18)12-15-4-5-15/h6-9,14-15,18-20H,4-5,10-13H2,1-3H3. The first-order chi connectivity index (χ1) is 10.2. The third kappa shape index (κ3) is 4.08. The highest BCUT2D eigenvalue weighted by atomic mass is 15.2. The number of rotatable bonds is 8. The summed E-state index contributed by atoms with van der Waals surface area (Å²) in [6, 6.07) is 10.6. The number of hydrogen-bond acceptors (Lipinski definition) is 2. The summed E-state index contributed by atoms with van der Waals surface area (Å²) in [7, 11) is 2.10. The quantitative estimate of drug-likeness (QED) is 0.778. The summed E-state index contributed by atoms with van der Waals surface area (Å²) in [4.78, 5) is 2.75. The van der Waals surface area contributed by atoms with Crippen LogP contribution in [-0.4, -0.2) is 31.1 Å². The van der Waals surface area contributed by atoms with Crippen molar-refractivity contribution >= 4 is 0 Å². The van der Waals surface area contributed by atoms with Crippen LogP contribution in [0.1, 0.15) is 62.6 Å². The third-order valence-corrected chi connectivity index (χ3v) is 5.02. The van der Waals surface area contributed by atoms with Crippen LogP contribution in [0.5, 0.6) is 0 Å². The molecule has 1 N–H and O–H groups in total. The van der Waals surface area contributed by atoms with Gasteiger partial charge < -0.3 is 5.32 Å². The number of nitrogens with one attached hydrogen (secondary N) is 1. The van der Waals surface area contributed by atoms with Crippen LogP contribution in [0, 0.1) is 5.92 Å². The zero-order chi connectivity index (χ0) is 14.8. The Bertz CT molecular complexity index is 443. The van der Waals surface area contributed by atoms with Gasteiger partial charge in [-0.05, 0) is 55.7 Å². The lowest BCUT2D eigenvalue weighted by molar-refractivity contribution is 0.227. The molecule has 0 aliphatic heterocycles. The molecule has 2 fully saturated rings. The van der Waals surface area contributed by atoms with Crippen molar-refractivity contribution in [1.29, 1.82) is 0 Å². The van der Waals surface area contributed by atoms with Gasteiger partial charge in [-0.3, -0.25) is 4.90 Å². The van der Waals surface area contributed by atoms with E-state index in [9.17, 15) is 0 Å². The van der Waals surface area contributed by atoms with Crippen LogP contribution in [0.3, 0.4) is 0 Å². The first-order valence-corrected chi connectivity index (χ1v) is 8.68. The maximum Gasteiger partial charge on any atom is 0.0446 e. The molecule has 3 rings (SSSR count). The predicted molar refractivity (Wildman–Crippen MR) is 89.7 cm³/mol. The molecular formula is C19H30N2. The first-order valence-electron chi connectivity index (χ1n) is 8.68. The fourth-order valence-electron chi connectivity index (χ4n) is 3.16. The van der Waals surface area contributed by atoms with Crippen LogP contribution in [-0.2, 0) is 0 Å². The summed E-state index contributed by atoms with van der Waals surface area (Å²) in [6.45, 7) is 7.01. The fraction of sp³-hybridized carbons (Fsp3) is 0.684. The minimum absolute atomic E-state index is 0.463. The molecule has 2 aliphatic carbocycles. The van der Waals surface area contributed by atoms with Gasteiger partial charge in [0.05, 0.1) is 0 Å². The highest BCUT2D eigenvalue weighted by Gasteiger charge is 2.34. The molecule has 2 aliphatic rings. The van der Waals surface area contributed by atoms with Gasteiger partial charge in [-0.2, -0.15) is 0 Å². The van der Waals surface area contributed by atoms with E-state index < -0.39 is 0 Å². The molecule has 2 heteroatoms. The summed E-state index contributed by atoms with van der Waals surface area (Å²) < 4.78 is 0. The van der Waals surface area contributed by atoms with Gasteiger partial charge in [0, 0.05) is 25.2 Å². The first kappa shape index (κ1) is 15.1. The average molecular weight is 286 g/mol. The highest BCUT2D eigenvalue weighted by Crippen LogP contribution is 2.35. The SMILES string of the molecule is CNC(CN(CC1CC1)C1CC1)c1ccc(C(C)C)cc1. The molecule has 1 aromatic rings.